The number of rotatable bonds is 3. The number of hydrogen-bond donors (Lipinski definition) is 1. The van der Waals surface area contributed by atoms with Crippen molar-refractivity contribution in [1.82, 2.24) is 9.97 Å². The minimum atomic E-state index is -0.111. The van der Waals surface area contributed by atoms with Gasteiger partial charge in [0.1, 0.15) is 11.9 Å². The Bertz CT molecular complexity index is 330. The van der Waals surface area contributed by atoms with Crippen molar-refractivity contribution in [3.05, 3.63) is 15.1 Å². The van der Waals surface area contributed by atoms with Crippen molar-refractivity contribution in [1.29, 1.82) is 0 Å². The molecule has 14 heavy (non-hydrogen) atoms. The van der Waals surface area contributed by atoms with E-state index in [1.54, 1.807) is 7.11 Å². The summed E-state index contributed by atoms with van der Waals surface area (Å²) in [5.74, 6) is 1.19. The summed E-state index contributed by atoms with van der Waals surface area (Å²) in [6, 6.07) is 0. The Morgan fingerprint density at radius 3 is 2.64 bits per heavy atom. The number of methoxy groups -OCH3 is 1. The van der Waals surface area contributed by atoms with Crippen LogP contribution in [-0.2, 0) is 11.2 Å². The minimum absolute atomic E-state index is 0.111. The normalized spacial score (nSPS) is 12.9. The van der Waals surface area contributed by atoms with Crippen molar-refractivity contribution in [2.75, 3.05) is 12.8 Å². The Morgan fingerprint density at radius 1 is 1.50 bits per heavy atom. The summed E-state index contributed by atoms with van der Waals surface area (Å²) in [5.41, 5.74) is 6.76. The standard InChI is InChI=1S/C9H14IN3O/c1-4-6-7(10)8(11)13-9(12-6)5(2)14-3/h5H,4H2,1-3H3,(H2,11,12,13). The van der Waals surface area contributed by atoms with Gasteiger partial charge in [0.15, 0.2) is 5.82 Å². The number of nitrogen functional groups attached to an aromatic ring is 1. The maximum atomic E-state index is 5.78. The topological polar surface area (TPSA) is 61.0 Å². The first-order chi connectivity index (χ1) is 6.60. The molecule has 78 valence electrons. The molecule has 1 heterocycles. The largest absolute Gasteiger partial charge is 0.383 e. The van der Waals surface area contributed by atoms with E-state index >= 15 is 0 Å². The van der Waals surface area contributed by atoms with Crippen molar-refractivity contribution >= 4 is 28.4 Å². The van der Waals surface area contributed by atoms with Crippen LogP contribution in [0.5, 0.6) is 0 Å². The quantitative estimate of drug-likeness (QED) is 0.867. The van der Waals surface area contributed by atoms with E-state index in [2.05, 4.69) is 32.6 Å². The van der Waals surface area contributed by atoms with Crippen molar-refractivity contribution in [3.63, 3.8) is 0 Å². The summed E-state index contributed by atoms with van der Waals surface area (Å²) in [7, 11) is 1.63. The van der Waals surface area contributed by atoms with Gasteiger partial charge in [0, 0.05) is 7.11 Å². The van der Waals surface area contributed by atoms with Crippen LogP contribution in [0.4, 0.5) is 5.82 Å². The van der Waals surface area contributed by atoms with E-state index in [9.17, 15) is 0 Å². The average molecular weight is 307 g/mol. The van der Waals surface area contributed by atoms with E-state index in [0.717, 1.165) is 15.7 Å². The van der Waals surface area contributed by atoms with E-state index in [1.807, 2.05) is 13.8 Å². The molecular weight excluding hydrogens is 293 g/mol. The van der Waals surface area contributed by atoms with E-state index in [-0.39, 0.29) is 6.10 Å². The van der Waals surface area contributed by atoms with E-state index < -0.39 is 0 Å². The summed E-state index contributed by atoms with van der Waals surface area (Å²) in [5, 5.41) is 0. The van der Waals surface area contributed by atoms with Gasteiger partial charge < -0.3 is 10.5 Å². The van der Waals surface area contributed by atoms with Crippen LogP contribution < -0.4 is 5.73 Å². The fraction of sp³-hybridized carbons (Fsp3) is 0.556. The summed E-state index contributed by atoms with van der Waals surface area (Å²) < 4.78 is 6.09. The lowest BCUT2D eigenvalue weighted by Crippen LogP contribution is -2.10. The monoisotopic (exact) mass is 307 g/mol. The predicted molar refractivity (Wildman–Crippen MR) is 64.0 cm³/mol. The molecule has 1 rings (SSSR count). The molecule has 0 radical (unpaired) electrons. The highest BCUT2D eigenvalue weighted by Gasteiger charge is 2.12. The van der Waals surface area contributed by atoms with Crippen LogP contribution in [0.1, 0.15) is 31.5 Å². The number of anilines is 1. The third-order valence-electron chi connectivity index (χ3n) is 2.01. The van der Waals surface area contributed by atoms with Crippen molar-refractivity contribution in [3.8, 4) is 0 Å². The lowest BCUT2D eigenvalue weighted by atomic mass is 10.3. The molecule has 2 N–H and O–H groups in total. The van der Waals surface area contributed by atoms with Crippen LogP contribution in [0.25, 0.3) is 0 Å². The zero-order chi connectivity index (χ0) is 10.7. The van der Waals surface area contributed by atoms with Crippen LogP contribution >= 0.6 is 22.6 Å². The number of nitrogens with zero attached hydrogens (tertiary/aromatic N) is 2. The molecule has 0 amide bonds. The molecule has 1 aromatic rings. The van der Waals surface area contributed by atoms with Crippen molar-refractivity contribution < 1.29 is 4.74 Å². The second-order valence-corrected chi connectivity index (χ2v) is 4.04. The highest BCUT2D eigenvalue weighted by atomic mass is 127. The Hall–Kier alpha value is -0.430. The van der Waals surface area contributed by atoms with Crippen molar-refractivity contribution in [2.24, 2.45) is 0 Å². The minimum Gasteiger partial charge on any atom is -0.383 e. The third-order valence-corrected chi connectivity index (χ3v) is 3.19. The van der Waals surface area contributed by atoms with Gasteiger partial charge in [-0.25, -0.2) is 9.97 Å². The fourth-order valence-corrected chi connectivity index (χ4v) is 1.68. The van der Waals surface area contributed by atoms with Gasteiger partial charge in [-0.15, -0.1) is 0 Å². The number of nitrogens with two attached hydrogens (primary N) is 1. The van der Waals surface area contributed by atoms with Crippen molar-refractivity contribution in [2.45, 2.75) is 26.4 Å². The van der Waals surface area contributed by atoms with Crippen LogP contribution in [0.2, 0.25) is 0 Å². The molecule has 5 heteroatoms. The average Bonchev–Trinajstić information content (AvgIpc) is 2.20. The zero-order valence-electron chi connectivity index (χ0n) is 8.54. The van der Waals surface area contributed by atoms with Crippen LogP contribution in [0.3, 0.4) is 0 Å². The second-order valence-electron chi connectivity index (χ2n) is 2.96. The SMILES string of the molecule is CCc1nc(C(C)OC)nc(N)c1I. The Morgan fingerprint density at radius 2 is 2.14 bits per heavy atom. The maximum absolute atomic E-state index is 5.78. The predicted octanol–water partition coefficient (Wildman–Crippen LogP) is 1.93. The van der Waals surface area contributed by atoms with Gasteiger partial charge in [0.25, 0.3) is 0 Å². The van der Waals surface area contributed by atoms with Gasteiger partial charge >= 0.3 is 0 Å². The molecule has 0 saturated carbocycles. The summed E-state index contributed by atoms with van der Waals surface area (Å²) in [4.78, 5) is 8.59. The van der Waals surface area contributed by atoms with Gasteiger partial charge in [-0.1, -0.05) is 6.92 Å². The molecule has 0 aliphatic heterocycles. The maximum Gasteiger partial charge on any atom is 0.159 e. The fourth-order valence-electron chi connectivity index (χ4n) is 1.05. The van der Waals surface area contributed by atoms with E-state index in [1.165, 1.54) is 0 Å². The molecule has 1 atom stereocenters. The lowest BCUT2D eigenvalue weighted by Gasteiger charge is -2.11. The molecular formula is C9H14IN3O. The Kier molecular flexibility index (Phi) is 4.06. The highest BCUT2D eigenvalue weighted by molar-refractivity contribution is 14.1. The summed E-state index contributed by atoms with van der Waals surface area (Å²) in [6.45, 7) is 3.95. The van der Waals surface area contributed by atoms with Gasteiger partial charge in [0.05, 0.1) is 9.26 Å². The first-order valence-corrected chi connectivity index (χ1v) is 5.52. The molecule has 1 unspecified atom stereocenters. The summed E-state index contributed by atoms with van der Waals surface area (Å²) in [6.07, 6.45) is 0.744. The summed E-state index contributed by atoms with van der Waals surface area (Å²) >= 11 is 2.17. The van der Waals surface area contributed by atoms with E-state index in [4.69, 9.17) is 10.5 Å². The van der Waals surface area contributed by atoms with Crippen LogP contribution in [0, 0.1) is 3.57 Å². The molecule has 4 nitrogen and oxygen atoms in total. The van der Waals surface area contributed by atoms with Gasteiger partial charge in [0.2, 0.25) is 0 Å². The molecule has 0 fully saturated rings. The molecule has 0 bridgehead atoms. The Labute approximate surface area is 97.4 Å². The molecule has 0 spiro atoms. The van der Waals surface area contributed by atoms with Gasteiger partial charge in [-0.3, -0.25) is 0 Å². The molecule has 0 saturated heterocycles. The molecule has 0 aromatic carbocycles. The number of hydrogen-bond acceptors (Lipinski definition) is 4. The molecule has 0 aliphatic carbocycles. The number of halogens is 1. The third kappa shape index (κ3) is 2.33. The number of aromatic nitrogens is 2. The smallest absolute Gasteiger partial charge is 0.159 e. The number of ether oxygens (including phenoxy) is 1. The Balaban J connectivity index is 3.16. The van der Waals surface area contributed by atoms with Gasteiger partial charge in [-0.2, -0.15) is 0 Å². The zero-order valence-corrected chi connectivity index (χ0v) is 10.7. The lowest BCUT2D eigenvalue weighted by molar-refractivity contribution is 0.112. The molecule has 1 aromatic heterocycles. The second kappa shape index (κ2) is 4.88. The first kappa shape index (κ1) is 11.6. The molecule has 0 aliphatic rings. The highest BCUT2D eigenvalue weighted by Crippen LogP contribution is 2.20. The number of aryl methyl sites for hydroxylation is 1. The van der Waals surface area contributed by atoms with Crippen LogP contribution in [0.15, 0.2) is 0 Å². The van der Waals surface area contributed by atoms with Gasteiger partial charge in [-0.05, 0) is 35.9 Å². The first-order valence-electron chi connectivity index (χ1n) is 4.44. The van der Waals surface area contributed by atoms with E-state index in [0.29, 0.717) is 11.6 Å². The van der Waals surface area contributed by atoms with Crippen LogP contribution in [-0.4, -0.2) is 17.1 Å².